The predicted molar refractivity (Wildman–Crippen MR) is 118 cm³/mol. The molecule has 1 N–H and O–H groups in total. The number of amides is 1. The fourth-order valence-electron chi connectivity index (χ4n) is 3.44. The van der Waals surface area contributed by atoms with E-state index in [0.29, 0.717) is 17.7 Å². The van der Waals surface area contributed by atoms with Gasteiger partial charge in [-0.1, -0.05) is 48.5 Å². The number of para-hydroxylation sites is 1. The number of nitrogens with zero attached hydrogens (tertiary/aromatic N) is 3. The number of carbonyl (C=O) groups is 1. The van der Waals surface area contributed by atoms with Gasteiger partial charge in [0.05, 0.1) is 17.8 Å². The standard InChI is InChI=1S/C25H20N4O/c1-18-6-2-3-7-22(18)25(30)28-27-15-21-17-29(24-9-5-4-8-23(21)24)16-20-12-10-19(14-26)11-13-20/h2-13,15,17H,16H2,1H3,(H,28,30)/b27-15-. The topological polar surface area (TPSA) is 70.2 Å². The monoisotopic (exact) mass is 392 g/mol. The lowest BCUT2D eigenvalue weighted by Gasteiger charge is -2.05. The van der Waals surface area contributed by atoms with Crippen LogP contribution in [0.4, 0.5) is 0 Å². The Balaban J connectivity index is 1.57. The zero-order chi connectivity index (χ0) is 20.9. The smallest absolute Gasteiger partial charge is 0.271 e. The van der Waals surface area contributed by atoms with Gasteiger partial charge in [-0.3, -0.25) is 4.79 Å². The first kappa shape index (κ1) is 19.2. The molecule has 1 aromatic heterocycles. The summed E-state index contributed by atoms with van der Waals surface area (Å²) in [7, 11) is 0. The van der Waals surface area contributed by atoms with Gasteiger partial charge in [-0.2, -0.15) is 10.4 Å². The summed E-state index contributed by atoms with van der Waals surface area (Å²) in [5, 5.41) is 14.2. The highest BCUT2D eigenvalue weighted by molar-refractivity contribution is 6.00. The third-order valence-electron chi connectivity index (χ3n) is 5.01. The number of hydrazone groups is 1. The minimum Gasteiger partial charge on any atom is -0.342 e. The molecule has 0 saturated carbocycles. The van der Waals surface area contributed by atoms with E-state index in [9.17, 15) is 4.79 Å². The van der Waals surface area contributed by atoms with Crippen LogP contribution >= 0.6 is 0 Å². The second-order valence-electron chi connectivity index (χ2n) is 7.05. The first-order chi connectivity index (χ1) is 14.7. The molecule has 0 aliphatic carbocycles. The third-order valence-corrected chi connectivity index (χ3v) is 5.01. The van der Waals surface area contributed by atoms with Gasteiger partial charge in [0.15, 0.2) is 0 Å². The maximum Gasteiger partial charge on any atom is 0.271 e. The zero-order valence-corrected chi connectivity index (χ0v) is 16.5. The molecule has 0 spiro atoms. The van der Waals surface area contributed by atoms with Crippen LogP contribution < -0.4 is 5.43 Å². The average molecular weight is 392 g/mol. The average Bonchev–Trinajstić information content (AvgIpc) is 3.12. The van der Waals surface area contributed by atoms with E-state index in [2.05, 4.69) is 27.2 Å². The summed E-state index contributed by atoms with van der Waals surface area (Å²) in [5.41, 5.74) is 7.88. The number of carbonyl (C=O) groups excluding carboxylic acids is 1. The summed E-state index contributed by atoms with van der Waals surface area (Å²) in [6.45, 7) is 2.57. The van der Waals surface area contributed by atoms with Crippen molar-refractivity contribution in [1.29, 1.82) is 5.26 Å². The van der Waals surface area contributed by atoms with Crippen molar-refractivity contribution < 1.29 is 4.79 Å². The molecular weight excluding hydrogens is 372 g/mol. The van der Waals surface area contributed by atoms with E-state index in [4.69, 9.17) is 5.26 Å². The van der Waals surface area contributed by atoms with Gasteiger partial charge in [0.2, 0.25) is 0 Å². The van der Waals surface area contributed by atoms with Gasteiger partial charge < -0.3 is 4.57 Å². The Morgan fingerprint density at radius 1 is 1.07 bits per heavy atom. The van der Waals surface area contributed by atoms with Crippen LogP contribution in [0.2, 0.25) is 0 Å². The summed E-state index contributed by atoms with van der Waals surface area (Å²) >= 11 is 0. The number of hydrogen-bond acceptors (Lipinski definition) is 3. The quantitative estimate of drug-likeness (QED) is 0.397. The largest absolute Gasteiger partial charge is 0.342 e. The van der Waals surface area contributed by atoms with Crippen molar-refractivity contribution in [1.82, 2.24) is 9.99 Å². The molecule has 0 saturated heterocycles. The van der Waals surface area contributed by atoms with Crippen molar-refractivity contribution in [3.63, 3.8) is 0 Å². The van der Waals surface area contributed by atoms with Crippen molar-refractivity contribution in [2.24, 2.45) is 5.10 Å². The molecule has 0 aliphatic heterocycles. The molecule has 0 unspecified atom stereocenters. The second kappa shape index (κ2) is 8.46. The van der Waals surface area contributed by atoms with Gasteiger partial charge in [0.1, 0.15) is 0 Å². The Bertz CT molecular complexity index is 1280. The molecule has 30 heavy (non-hydrogen) atoms. The van der Waals surface area contributed by atoms with Gasteiger partial charge in [-0.15, -0.1) is 0 Å². The summed E-state index contributed by atoms with van der Waals surface area (Å²) in [6, 6.07) is 25.2. The van der Waals surface area contributed by atoms with Gasteiger partial charge >= 0.3 is 0 Å². The van der Waals surface area contributed by atoms with Gasteiger partial charge in [0.25, 0.3) is 5.91 Å². The van der Waals surface area contributed by atoms with Crippen molar-refractivity contribution >= 4 is 23.0 Å². The molecule has 4 rings (SSSR count). The summed E-state index contributed by atoms with van der Waals surface area (Å²) in [6.07, 6.45) is 3.69. The highest BCUT2D eigenvalue weighted by atomic mass is 16.2. The molecule has 0 bridgehead atoms. The van der Waals surface area contributed by atoms with Crippen LogP contribution in [0.1, 0.15) is 32.6 Å². The van der Waals surface area contributed by atoms with E-state index in [1.54, 1.807) is 12.3 Å². The van der Waals surface area contributed by atoms with Crippen LogP contribution in [0.15, 0.2) is 84.1 Å². The molecule has 0 aliphatic rings. The van der Waals surface area contributed by atoms with E-state index >= 15 is 0 Å². The number of rotatable bonds is 5. The van der Waals surface area contributed by atoms with Crippen LogP contribution in [0.5, 0.6) is 0 Å². The molecule has 5 heteroatoms. The minimum absolute atomic E-state index is 0.231. The molecule has 0 atom stereocenters. The van der Waals surface area contributed by atoms with Gasteiger partial charge in [-0.05, 0) is 42.3 Å². The Kier molecular flexibility index (Phi) is 5.40. The number of fused-ring (bicyclic) bond motifs is 1. The van der Waals surface area contributed by atoms with Gasteiger partial charge in [-0.25, -0.2) is 5.43 Å². The number of benzene rings is 3. The molecule has 3 aromatic carbocycles. The number of aryl methyl sites for hydroxylation is 1. The van der Waals surface area contributed by atoms with Crippen molar-refractivity contribution in [3.8, 4) is 6.07 Å². The van der Waals surface area contributed by atoms with Crippen LogP contribution in [0.25, 0.3) is 10.9 Å². The highest BCUT2D eigenvalue weighted by Gasteiger charge is 2.09. The second-order valence-corrected chi connectivity index (χ2v) is 7.05. The lowest BCUT2D eigenvalue weighted by molar-refractivity contribution is 0.0954. The van der Waals surface area contributed by atoms with Crippen molar-refractivity contribution in [2.45, 2.75) is 13.5 Å². The lowest BCUT2D eigenvalue weighted by Crippen LogP contribution is -2.18. The molecule has 146 valence electrons. The Hall–Kier alpha value is -4.17. The van der Waals surface area contributed by atoms with Crippen LogP contribution in [-0.4, -0.2) is 16.7 Å². The van der Waals surface area contributed by atoms with Gasteiger partial charge in [0, 0.05) is 34.8 Å². The summed E-state index contributed by atoms with van der Waals surface area (Å²) in [4.78, 5) is 12.4. The first-order valence-corrected chi connectivity index (χ1v) is 9.61. The molecular formula is C25H20N4O. The number of aromatic nitrogens is 1. The normalized spacial score (nSPS) is 10.9. The van der Waals surface area contributed by atoms with Crippen molar-refractivity contribution in [3.05, 3.63) is 107 Å². The van der Waals surface area contributed by atoms with Crippen LogP contribution in [0.3, 0.4) is 0 Å². The fraction of sp³-hybridized carbons (Fsp3) is 0.0800. The Morgan fingerprint density at radius 3 is 2.57 bits per heavy atom. The van der Waals surface area contributed by atoms with E-state index in [0.717, 1.165) is 27.6 Å². The van der Waals surface area contributed by atoms with E-state index < -0.39 is 0 Å². The van der Waals surface area contributed by atoms with E-state index in [-0.39, 0.29) is 5.91 Å². The lowest BCUT2D eigenvalue weighted by atomic mass is 10.1. The Morgan fingerprint density at radius 2 is 1.80 bits per heavy atom. The predicted octanol–water partition coefficient (Wildman–Crippen LogP) is 4.63. The van der Waals surface area contributed by atoms with Crippen LogP contribution in [-0.2, 0) is 6.54 Å². The third kappa shape index (κ3) is 3.98. The van der Waals surface area contributed by atoms with Crippen LogP contribution in [0, 0.1) is 18.3 Å². The van der Waals surface area contributed by atoms with E-state index in [1.165, 1.54) is 0 Å². The number of nitriles is 1. The molecule has 1 heterocycles. The zero-order valence-electron chi connectivity index (χ0n) is 16.5. The molecule has 1 amide bonds. The molecule has 0 fully saturated rings. The van der Waals surface area contributed by atoms with Crippen molar-refractivity contribution in [2.75, 3.05) is 0 Å². The minimum atomic E-state index is -0.231. The number of nitrogens with one attached hydrogen (secondary N) is 1. The molecule has 4 aromatic rings. The van der Waals surface area contributed by atoms with E-state index in [1.807, 2.05) is 73.8 Å². The molecule has 0 radical (unpaired) electrons. The maximum absolute atomic E-state index is 12.4. The SMILES string of the molecule is Cc1ccccc1C(=O)N/N=C\c1cn(Cc2ccc(C#N)cc2)c2ccccc12. The summed E-state index contributed by atoms with van der Waals surface area (Å²) < 4.78 is 2.14. The number of hydrogen-bond donors (Lipinski definition) is 1. The Labute approximate surface area is 174 Å². The highest BCUT2D eigenvalue weighted by Crippen LogP contribution is 2.21. The maximum atomic E-state index is 12.4. The summed E-state index contributed by atoms with van der Waals surface area (Å²) in [5.74, 6) is -0.231. The molecule has 5 nitrogen and oxygen atoms in total. The first-order valence-electron chi connectivity index (χ1n) is 9.61. The fourth-order valence-corrected chi connectivity index (χ4v) is 3.44.